The minimum absolute atomic E-state index is 0.137. The predicted molar refractivity (Wildman–Crippen MR) is 225 cm³/mol. The summed E-state index contributed by atoms with van der Waals surface area (Å²) in [5.74, 6) is 5.04. The highest BCUT2D eigenvalue weighted by Crippen LogP contribution is 2.36. The second-order valence-corrected chi connectivity index (χ2v) is 14.5. The van der Waals surface area contributed by atoms with Crippen molar-refractivity contribution in [1.82, 2.24) is 0 Å². The third-order valence-electron chi connectivity index (χ3n) is 10.4. The molecule has 2 heterocycles. The van der Waals surface area contributed by atoms with Gasteiger partial charge in [0.1, 0.15) is 30.4 Å². The van der Waals surface area contributed by atoms with E-state index in [1.165, 1.54) is 5.56 Å². The van der Waals surface area contributed by atoms with Gasteiger partial charge in [-0.1, -0.05) is 91.9 Å². The average Bonchev–Trinajstić information content (AvgIpc) is 3.21. The molecule has 5 aromatic carbocycles. The molecule has 0 aromatic heterocycles. The van der Waals surface area contributed by atoms with E-state index in [-0.39, 0.29) is 30.0 Å². The molecule has 2 atom stereocenters. The lowest BCUT2D eigenvalue weighted by Gasteiger charge is -2.18. The van der Waals surface area contributed by atoms with Crippen LogP contribution in [0.4, 0.5) is 5.69 Å². The van der Waals surface area contributed by atoms with E-state index in [1.807, 2.05) is 66.7 Å². The van der Waals surface area contributed by atoms with Crippen LogP contribution in [0.3, 0.4) is 0 Å². The molecule has 0 spiro atoms. The number of aromatic hydroxyl groups is 1. The normalized spacial score (nSPS) is 16.2. The number of rotatable bonds is 12. The third-order valence-corrected chi connectivity index (χ3v) is 10.4. The summed E-state index contributed by atoms with van der Waals surface area (Å²) >= 11 is 0. The number of phenolic OH excluding ortho intramolecular Hbond substituents is 1. The van der Waals surface area contributed by atoms with Gasteiger partial charge in [0.25, 0.3) is 0 Å². The summed E-state index contributed by atoms with van der Waals surface area (Å²) in [6.07, 6.45) is 11.6. The lowest BCUT2D eigenvalue weighted by Crippen LogP contribution is -2.21. The van der Waals surface area contributed by atoms with E-state index in [0.29, 0.717) is 43.3 Å². The van der Waals surface area contributed by atoms with Crippen molar-refractivity contribution >= 4 is 28.2 Å². The maximum Gasteiger partial charge on any atom is 0.192 e. The van der Waals surface area contributed by atoms with Gasteiger partial charge in [0.05, 0.1) is 13.0 Å². The molecular formula is C48H53N3O5. The maximum atomic E-state index is 13.5. The number of phenols is 1. The number of methoxy groups -OCH3 is 1. The zero-order valence-electron chi connectivity index (χ0n) is 32.6. The van der Waals surface area contributed by atoms with Crippen molar-refractivity contribution in [3.63, 3.8) is 0 Å². The number of carbonyl (C=O) groups excluding carboxylic acids is 1. The van der Waals surface area contributed by atoms with E-state index in [9.17, 15) is 9.90 Å². The minimum Gasteiger partial charge on any atom is -0.508 e. The van der Waals surface area contributed by atoms with Crippen molar-refractivity contribution in [3.8, 4) is 29.3 Å². The Labute approximate surface area is 331 Å². The molecule has 6 bridgehead atoms. The number of unbranched alkanes of at least 4 members (excludes halogenated alkanes) is 4. The third kappa shape index (κ3) is 11.3. The van der Waals surface area contributed by atoms with Crippen molar-refractivity contribution < 1.29 is 24.1 Å². The van der Waals surface area contributed by atoms with Crippen LogP contribution >= 0.6 is 0 Å². The Morgan fingerprint density at radius 1 is 0.893 bits per heavy atom. The van der Waals surface area contributed by atoms with Crippen LogP contribution in [-0.2, 0) is 35.4 Å². The quantitative estimate of drug-likeness (QED) is 0.0503. The number of ether oxygens (including phenoxy) is 3. The minimum atomic E-state index is -0.346. The lowest BCUT2D eigenvalue weighted by molar-refractivity contribution is -0.121. The molecule has 2 aliphatic heterocycles. The van der Waals surface area contributed by atoms with Crippen LogP contribution in [0.2, 0.25) is 0 Å². The van der Waals surface area contributed by atoms with E-state index < -0.39 is 0 Å². The van der Waals surface area contributed by atoms with Crippen LogP contribution in [0.1, 0.15) is 85.1 Å². The molecule has 0 amide bonds. The largest absolute Gasteiger partial charge is 0.508 e. The zero-order chi connectivity index (χ0) is 39.1. The van der Waals surface area contributed by atoms with Gasteiger partial charge in [-0.05, 0) is 108 Å². The summed E-state index contributed by atoms with van der Waals surface area (Å²) in [5.41, 5.74) is 11.9. The second kappa shape index (κ2) is 20.1. The van der Waals surface area contributed by atoms with Gasteiger partial charge in [0.15, 0.2) is 17.5 Å². The average molecular weight is 752 g/mol. The van der Waals surface area contributed by atoms with Crippen LogP contribution in [0.25, 0.3) is 10.8 Å². The first kappa shape index (κ1) is 39.7. The number of aryl methyl sites for hydroxylation is 2. The maximum absolute atomic E-state index is 13.5. The molecule has 0 aliphatic carbocycles. The van der Waals surface area contributed by atoms with Gasteiger partial charge in [0.2, 0.25) is 0 Å². The van der Waals surface area contributed by atoms with Crippen molar-refractivity contribution in [1.29, 1.82) is 0 Å². The van der Waals surface area contributed by atoms with Crippen LogP contribution in [0.15, 0.2) is 108 Å². The number of aliphatic imine (C=N–C) groups is 1. The Morgan fingerprint density at radius 3 is 2.54 bits per heavy atom. The molecule has 4 N–H and O–H groups in total. The van der Waals surface area contributed by atoms with Crippen molar-refractivity contribution in [3.05, 3.63) is 131 Å². The second-order valence-electron chi connectivity index (χ2n) is 14.5. The summed E-state index contributed by atoms with van der Waals surface area (Å²) in [4.78, 5) is 17.4. The number of carbonyl (C=O) groups is 1. The summed E-state index contributed by atoms with van der Waals surface area (Å²) in [5, 5.41) is 16.3. The number of Topliss-reactive ketones (excluding diaryl/α,β-unsaturated/α-hetero) is 1. The topological polar surface area (TPSA) is 115 Å². The summed E-state index contributed by atoms with van der Waals surface area (Å²) in [6.45, 7) is 0.338. The van der Waals surface area contributed by atoms with Crippen molar-refractivity contribution in [2.75, 3.05) is 19.5 Å². The fraction of sp³-hybridized carbons (Fsp3) is 0.333. The number of hydrogen-bond acceptors (Lipinski definition) is 6. The van der Waals surface area contributed by atoms with Crippen LogP contribution in [0, 0.1) is 12.0 Å². The fourth-order valence-electron chi connectivity index (χ4n) is 7.34. The van der Waals surface area contributed by atoms with Crippen LogP contribution in [0.5, 0.6) is 17.2 Å². The highest BCUT2D eigenvalue weighted by Gasteiger charge is 2.20. The van der Waals surface area contributed by atoms with E-state index in [2.05, 4.69) is 52.7 Å². The molecule has 0 unspecified atom stereocenters. The van der Waals surface area contributed by atoms with Crippen molar-refractivity contribution in [2.24, 2.45) is 10.7 Å². The number of guanidine groups is 1. The Hall–Kier alpha value is -5.94. The highest BCUT2D eigenvalue weighted by atomic mass is 16.5. The standard InChI is InChI=1S/C48H53N3O5/c1-50-48(49)51-40-16-11-15-35(30-40)14-7-4-3-5-10-17-42-32-41(52)22-18-36-20-25-45(54-2)46(31-36)56-33-37-19-23-43-38(29-37)21-24-44(53)47(43)39(26-27-55-42)28-34-12-8-6-9-13-34/h6,8-9,11-13,15-16,19-21,23-25,29-31,39,42,53H,3-5,7,10,14,17-18,22,28,32-33H2,1-2H3,(H3,49,50,51)/t39-,42+/m1/s1. The van der Waals surface area contributed by atoms with Gasteiger partial charge in [-0.15, -0.1) is 0 Å². The smallest absolute Gasteiger partial charge is 0.192 e. The monoisotopic (exact) mass is 751 g/mol. The Bertz CT molecular complexity index is 2170. The summed E-state index contributed by atoms with van der Waals surface area (Å²) in [7, 11) is 3.29. The lowest BCUT2D eigenvalue weighted by atomic mass is 9.88. The van der Waals surface area contributed by atoms with Gasteiger partial charge >= 0.3 is 0 Å². The zero-order valence-corrected chi connectivity index (χ0v) is 32.6. The summed E-state index contributed by atoms with van der Waals surface area (Å²) in [6, 6.07) is 34.2. The molecule has 290 valence electrons. The molecule has 0 saturated heterocycles. The first-order chi connectivity index (χ1) is 27.4. The SMILES string of the molecule is CN=C(N)Nc1cccc(CCCCCCC[C@H]2CC(=O)CCc3ccc(OC)c(c3)OCc3ccc4c(c(O)ccc4c3)[C@@H](Cc3ccccc3)C#CO2)c1. The van der Waals surface area contributed by atoms with Crippen molar-refractivity contribution in [2.45, 2.75) is 89.3 Å². The molecule has 5 aromatic rings. The number of fused-ring (bicyclic) bond motifs is 9. The van der Waals surface area contributed by atoms with Gasteiger partial charge in [-0.25, -0.2) is 0 Å². The van der Waals surface area contributed by atoms with Gasteiger partial charge < -0.3 is 30.4 Å². The van der Waals surface area contributed by atoms with Crippen LogP contribution in [-0.4, -0.2) is 37.1 Å². The van der Waals surface area contributed by atoms with E-state index in [0.717, 1.165) is 83.7 Å². The Morgan fingerprint density at radius 2 is 1.70 bits per heavy atom. The fourth-order valence-corrected chi connectivity index (χ4v) is 7.34. The molecular weight excluding hydrogens is 699 g/mol. The molecule has 2 aliphatic rings. The van der Waals surface area contributed by atoms with E-state index in [4.69, 9.17) is 19.9 Å². The first-order valence-electron chi connectivity index (χ1n) is 19.7. The van der Waals surface area contributed by atoms with E-state index in [1.54, 1.807) is 20.2 Å². The molecule has 0 fully saturated rings. The number of nitrogens with two attached hydrogens (primary N) is 1. The number of anilines is 1. The number of benzene rings is 5. The molecule has 8 heteroatoms. The molecule has 0 radical (unpaired) electrons. The Kier molecular flexibility index (Phi) is 14.3. The number of ketones is 1. The molecule has 56 heavy (non-hydrogen) atoms. The summed E-state index contributed by atoms with van der Waals surface area (Å²) < 4.78 is 18.2. The van der Waals surface area contributed by atoms with Gasteiger partial charge in [-0.2, -0.15) is 0 Å². The number of nitrogens with zero attached hydrogens (tertiary/aromatic N) is 1. The molecule has 7 rings (SSSR count). The number of nitrogens with one attached hydrogen (secondary N) is 1. The predicted octanol–water partition coefficient (Wildman–Crippen LogP) is 9.65. The number of hydrogen-bond donors (Lipinski definition) is 3. The molecule has 0 saturated carbocycles. The van der Waals surface area contributed by atoms with Gasteiger partial charge in [0, 0.05) is 31.1 Å². The van der Waals surface area contributed by atoms with E-state index >= 15 is 0 Å². The highest BCUT2D eigenvalue weighted by molar-refractivity contribution is 5.92. The molecule has 8 nitrogen and oxygen atoms in total. The van der Waals surface area contributed by atoms with Crippen LogP contribution < -0.4 is 20.5 Å². The van der Waals surface area contributed by atoms with Gasteiger partial charge in [-0.3, -0.25) is 9.79 Å². The Balaban J connectivity index is 1.18. The first-order valence-corrected chi connectivity index (χ1v) is 19.7.